The lowest BCUT2D eigenvalue weighted by Gasteiger charge is -2.19. The van der Waals surface area contributed by atoms with Gasteiger partial charge in [-0.2, -0.15) is 0 Å². The molecule has 0 aliphatic heterocycles. The molecule has 0 radical (unpaired) electrons. The van der Waals surface area contributed by atoms with Crippen molar-refractivity contribution in [3.8, 4) is 0 Å². The quantitative estimate of drug-likeness (QED) is 0.788. The minimum absolute atomic E-state index is 0.111. The fourth-order valence-corrected chi connectivity index (χ4v) is 1.27. The molecule has 1 aromatic rings. The van der Waals surface area contributed by atoms with Crippen molar-refractivity contribution in [2.24, 2.45) is 0 Å². The third kappa shape index (κ3) is 5.23. The van der Waals surface area contributed by atoms with Crippen LogP contribution in [0.1, 0.15) is 32.9 Å². The molecule has 1 heterocycles. The van der Waals surface area contributed by atoms with Gasteiger partial charge in [0.05, 0.1) is 24.4 Å². The molecule has 0 fully saturated rings. The lowest BCUT2D eigenvalue weighted by Crippen LogP contribution is -2.22. The van der Waals surface area contributed by atoms with Crippen LogP contribution < -0.4 is 0 Å². The molecule has 0 amide bonds. The van der Waals surface area contributed by atoms with E-state index in [1.165, 1.54) is 0 Å². The summed E-state index contributed by atoms with van der Waals surface area (Å²) in [5.74, 6) is 0. The van der Waals surface area contributed by atoms with Crippen molar-refractivity contribution in [3.63, 3.8) is 0 Å². The second kappa shape index (κ2) is 5.96. The van der Waals surface area contributed by atoms with Gasteiger partial charge in [0.1, 0.15) is 0 Å². The Morgan fingerprint density at radius 2 is 2.19 bits per heavy atom. The van der Waals surface area contributed by atoms with Crippen LogP contribution in [0, 0.1) is 0 Å². The van der Waals surface area contributed by atoms with Crippen LogP contribution in [0.2, 0.25) is 0 Å². The summed E-state index contributed by atoms with van der Waals surface area (Å²) in [5.41, 5.74) is 0.810. The Balaban J connectivity index is 2.29. The summed E-state index contributed by atoms with van der Waals surface area (Å²) in [6, 6.07) is 0. The van der Waals surface area contributed by atoms with E-state index < -0.39 is 0 Å². The second-order valence-electron chi connectivity index (χ2n) is 4.76. The van der Waals surface area contributed by atoms with Crippen molar-refractivity contribution in [3.05, 3.63) is 11.9 Å². The van der Waals surface area contributed by atoms with Gasteiger partial charge in [0.2, 0.25) is 0 Å². The first-order valence-corrected chi connectivity index (χ1v) is 5.65. The molecule has 0 saturated carbocycles. The van der Waals surface area contributed by atoms with E-state index in [1.54, 1.807) is 4.68 Å². The highest BCUT2D eigenvalue weighted by molar-refractivity contribution is 4.92. The van der Waals surface area contributed by atoms with Crippen LogP contribution in [0.4, 0.5) is 0 Å². The van der Waals surface area contributed by atoms with E-state index in [4.69, 9.17) is 9.84 Å². The minimum atomic E-state index is -0.111. The molecule has 0 aliphatic rings. The van der Waals surface area contributed by atoms with Crippen LogP contribution >= 0.6 is 0 Å². The number of nitrogens with zero attached hydrogens (tertiary/aromatic N) is 3. The van der Waals surface area contributed by atoms with E-state index in [-0.39, 0.29) is 12.2 Å². The molecule has 0 aliphatic carbocycles. The topological polar surface area (TPSA) is 60.2 Å². The SMILES string of the molecule is CC(C)(C)OCCn1cc(CCCO)nn1. The Bertz CT molecular complexity index is 304. The molecule has 0 unspecified atom stereocenters. The van der Waals surface area contributed by atoms with Gasteiger partial charge in [-0.3, -0.25) is 0 Å². The van der Waals surface area contributed by atoms with Crippen LogP contribution in [0.5, 0.6) is 0 Å². The first kappa shape index (κ1) is 13.1. The van der Waals surface area contributed by atoms with Gasteiger partial charge in [0, 0.05) is 12.8 Å². The number of aromatic nitrogens is 3. The van der Waals surface area contributed by atoms with Gasteiger partial charge < -0.3 is 9.84 Å². The molecular weight excluding hydrogens is 206 g/mol. The largest absolute Gasteiger partial charge is 0.396 e. The molecule has 0 spiro atoms. The number of hydrogen-bond donors (Lipinski definition) is 1. The Hall–Kier alpha value is -0.940. The maximum atomic E-state index is 8.69. The summed E-state index contributed by atoms with van der Waals surface area (Å²) in [6.07, 6.45) is 3.41. The fraction of sp³-hybridized carbons (Fsp3) is 0.818. The average molecular weight is 227 g/mol. The molecule has 1 aromatic heterocycles. The molecule has 0 aromatic carbocycles. The van der Waals surface area contributed by atoms with Gasteiger partial charge >= 0.3 is 0 Å². The predicted octanol–water partition coefficient (Wildman–Crippen LogP) is 1.02. The average Bonchev–Trinajstić information content (AvgIpc) is 2.61. The highest BCUT2D eigenvalue weighted by Crippen LogP contribution is 2.06. The summed E-state index contributed by atoms with van der Waals surface area (Å²) < 4.78 is 7.37. The third-order valence-corrected chi connectivity index (χ3v) is 2.03. The summed E-state index contributed by atoms with van der Waals surface area (Å²) in [5, 5.41) is 16.7. The number of rotatable bonds is 6. The molecule has 1 rings (SSSR count). The Kier molecular flexibility index (Phi) is 4.89. The molecular formula is C11H21N3O2. The third-order valence-electron chi connectivity index (χ3n) is 2.03. The fourth-order valence-electron chi connectivity index (χ4n) is 1.27. The number of aryl methyl sites for hydroxylation is 1. The minimum Gasteiger partial charge on any atom is -0.396 e. The highest BCUT2D eigenvalue weighted by Gasteiger charge is 2.09. The maximum Gasteiger partial charge on any atom is 0.0828 e. The van der Waals surface area contributed by atoms with Gasteiger partial charge in [0.25, 0.3) is 0 Å². The zero-order valence-corrected chi connectivity index (χ0v) is 10.3. The Morgan fingerprint density at radius 3 is 2.81 bits per heavy atom. The first-order chi connectivity index (χ1) is 7.51. The van der Waals surface area contributed by atoms with Gasteiger partial charge in [-0.25, -0.2) is 4.68 Å². The van der Waals surface area contributed by atoms with Crippen molar-refractivity contribution < 1.29 is 9.84 Å². The zero-order valence-electron chi connectivity index (χ0n) is 10.3. The zero-order chi connectivity index (χ0) is 12.0. The monoisotopic (exact) mass is 227 g/mol. The van der Waals surface area contributed by atoms with E-state index in [9.17, 15) is 0 Å². The Labute approximate surface area is 96.4 Å². The smallest absolute Gasteiger partial charge is 0.0828 e. The lowest BCUT2D eigenvalue weighted by atomic mass is 10.2. The standard InChI is InChI=1S/C11H21N3O2/c1-11(2,3)16-8-6-14-9-10(12-13-14)5-4-7-15/h9,15H,4-8H2,1-3H3. The van der Waals surface area contributed by atoms with E-state index in [1.807, 2.05) is 27.0 Å². The highest BCUT2D eigenvalue weighted by atomic mass is 16.5. The molecule has 0 atom stereocenters. The normalized spacial score (nSPS) is 12.0. The Morgan fingerprint density at radius 1 is 1.44 bits per heavy atom. The van der Waals surface area contributed by atoms with Gasteiger partial charge in [-0.1, -0.05) is 5.21 Å². The maximum absolute atomic E-state index is 8.69. The van der Waals surface area contributed by atoms with E-state index in [0.29, 0.717) is 13.2 Å². The predicted molar refractivity (Wildman–Crippen MR) is 61.1 cm³/mol. The molecule has 16 heavy (non-hydrogen) atoms. The van der Waals surface area contributed by atoms with Crippen molar-refractivity contribution in [2.45, 2.75) is 45.8 Å². The molecule has 5 nitrogen and oxygen atoms in total. The summed E-state index contributed by atoms with van der Waals surface area (Å²) in [7, 11) is 0. The number of hydrogen-bond acceptors (Lipinski definition) is 4. The lowest BCUT2D eigenvalue weighted by molar-refractivity contribution is -0.00805. The number of ether oxygens (including phenoxy) is 1. The van der Waals surface area contributed by atoms with Crippen LogP contribution in [0.25, 0.3) is 0 Å². The summed E-state index contributed by atoms with van der Waals surface area (Å²) >= 11 is 0. The number of aliphatic hydroxyl groups excluding tert-OH is 1. The summed E-state index contributed by atoms with van der Waals surface area (Å²) in [6.45, 7) is 7.62. The van der Waals surface area contributed by atoms with Gasteiger partial charge in [-0.15, -0.1) is 5.10 Å². The van der Waals surface area contributed by atoms with Crippen molar-refractivity contribution in [1.82, 2.24) is 15.0 Å². The molecule has 5 heteroatoms. The van der Waals surface area contributed by atoms with Crippen LogP contribution in [0.3, 0.4) is 0 Å². The summed E-state index contributed by atoms with van der Waals surface area (Å²) in [4.78, 5) is 0. The second-order valence-corrected chi connectivity index (χ2v) is 4.76. The molecule has 0 bridgehead atoms. The van der Waals surface area contributed by atoms with Crippen molar-refractivity contribution in [1.29, 1.82) is 0 Å². The van der Waals surface area contributed by atoms with E-state index in [2.05, 4.69) is 10.3 Å². The first-order valence-electron chi connectivity index (χ1n) is 5.65. The van der Waals surface area contributed by atoms with E-state index >= 15 is 0 Å². The molecule has 1 N–H and O–H groups in total. The van der Waals surface area contributed by atoms with Crippen molar-refractivity contribution in [2.75, 3.05) is 13.2 Å². The van der Waals surface area contributed by atoms with Crippen molar-refractivity contribution >= 4 is 0 Å². The van der Waals surface area contributed by atoms with Crippen LogP contribution in [-0.2, 0) is 17.7 Å². The van der Waals surface area contributed by atoms with Crippen LogP contribution in [-0.4, -0.2) is 38.9 Å². The van der Waals surface area contributed by atoms with E-state index in [0.717, 1.165) is 18.5 Å². The van der Waals surface area contributed by atoms with Gasteiger partial charge in [-0.05, 0) is 33.6 Å². The van der Waals surface area contributed by atoms with Crippen LogP contribution in [0.15, 0.2) is 6.20 Å². The molecule has 0 saturated heterocycles. The number of aliphatic hydroxyl groups is 1. The van der Waals surface area contributed by atoms with Gasteiger partial charge in [0.15, 0.2) is 0 Å². The molecule has 92 valence electrons.